The second-order valence-corrected chi connectivity index (χ2v) is 9.58. The first-order chi connectivity index (χ1) is 15.0. The Hall–Kier alpha value is -2.96. The maximum Gasteiger partial charge on any atom is 0.253 e. The van der Waals surface area contributed by atoms with Crippen LogP contribution >= 0.6 is 0 Å². The molecule has 5 nitrogen and oxygen atoms in total. The molecule has 6 heteroatoms. The predicted octanol–water partition coefficient (Wildman–Crippen LogP) is 4.18. The van der Waals surface area contributed by atoms with Gasteiger partial charge in [0.15, 0.2) is 0 Å². The van der Waals surface area contributed by atoms with E-state index in [4.69, 9.17) is 0 Å². The Morgan fingerprint density at radius 1 is 0.871 bits per heavy atom. The van der Waals surface area contributed by atoms with Crippen LogP contribution in [0, 0.1) is 0 Å². The van der Waals surface area contributed by atoms with Crippen LogP contribution in [-0.4, -0.2) is 32.3 Å². The molecule has 0 bridgehead atoms. The smallest absolute Gasteiger partial charge is 0.253 e. The van der Waals surface area contributed by atoms with Gasteiger partial charge in [0, 0.05) is 25.2 Å². The minimum Gasteiger partial charge on any atom is -0.339 e. The van der Waals surface area contributed by atoms with E-state index in [0.29, 0.717) is 24.6 Å². The van der Waals surface area contributed by atoms with E-state index in [1.807, 2.05) is 53.4 Å². The second-order valence-electron chi connectivity index (χ2n) is 7.82. The summed E-state index contributed by atoms with van der Waals surface area (Å²) in [5, 5.41) is 0. The summed E-state index contributed by atoms with van der Waals surface area (Å²) < 4.78 is 28.0. The number of hydrogen-bond acceptors (Lipinski definition) is 3. The molecule has 0 spiro atoms. The van der Waals surface area contributed by atoms with E-state index < -0.39 is 10.0 Å². The SMILES string of the molecule is O=C(c1cccc(S(=O)(=O)NCc2ccccc2)c1)N1CCC(c2ccccc2)CC1. The molecular formula is C25H26N2O3S. The van der Waals surface area contributed by atoms with Gasteiger partial charge in [0.05, 0.1) is 4.90 Å². The number of carbonyl (C=O) groups is 1. The zero-order valence-corrected chi connectivity index (χ0v) is 18.1. The van der Waals surface area contributed by atoms with Crippen molar-refractivity contribution in [2.45, 2.75) is 30.2 Å². The van der Waals surface area contributed by atoms with Crippen LogP contribution in [-0.2, 0) is 16.6 Å². The van der Waals surface area contributed by atoms with Gasteiger partial charge in [0.1, 0.15) is 0 Å². The van der Waals surface area contributed by atoms with Crippen molar-refractivity contribution >= 4 is 15.9 Å². The van der Waals surface area contributed by atoms with Gasteiger partial charge < -0.3 is 4.90 Å². The van der Waals surface area contributed by atoms with Crippen molar-refractivity contribution in [3.63, 3.8) is 0 Å². The van der Waals surface area contributed by atoms with Crippen LogP contribution in [0.2, 0.25) is 0 Å². The first-order valence-electron chi connectivity index (χ1n) is 10.5. The van der Waals surface area contributed by atoms with Crippen LogP contribution in [0.15, 0.2) is 89.8 Å². The Morgan fingerprint density at radius 2 is 1.52 bits per heavy atom. The highest BCUT2D eigenvalue weighted by Gasteiger charge is 2.25. The fraction of sp³-hybridized carbons (Fsp3) is 0.240. The van der Waals surface area contributed by atoms with E-state index in [1.54, 1.807) is 12.1 Å². The van der Waals surface area contributed by atoms with Crippen molar-refractivity contribution in [1.29, 1.82) is 0 Å². The molecule has 3 aromatic carbocycles. The fourth-order valence-electron chi connectivity index (χ4n) is 3.98. The first kappa shape index (κ1) is 21.3. The van der Waals surface area contributed by atoms with Crippen molar-refractivity contribution < 1.29 is 13.2 Å². The molecule has 4 rings (SSSR count). The molecule has 0 radical (unpaired) electrons. The lowest BCUT2D eigenvalue weighted by Gasteiger charge is -2.32. The van der Waals surface area contributed by atoms with E-state index >= 15 is 0 Å². The molecule has 1 saturated heterocycles. The molecule has 3 aromatic rings. The van der Waals surface area contributed by atoms with Crippen molar-refractivity contribution in [2.75, 3.05) is 13.1 Å². The molecule has 0 saturated carbocycles. The fourth-order valence-corrected chi connectivity index (χ4v) is 5.04. The molecule has 1 heterocycles. The number of carbonyl (C=O) groups excluding carboxylic acids is 1. The van der Waals surface area contributed by atoms with E-state index in [0.717, 1.165) is 18.4 Å². The standard InChI is InChI=1S/C25H26N2O3S/c28-25(27-16-14-22(15-17-27)21-10-5-2-6-11-21)23-12-7-13-24(18-23)31(29,30)26-19-20-8-3-1-4-9-20/h1-13,18,22,26H,14-17,19H2. The third kappa shape index (κ3) is 5.21. The van der Waals surface area contributed by atoms with Crippen molar-refractivity contribution in [1.82, 2.24) is 9.62 Å². The number of hydrogen-bond donors (Lipinski definition) is 1. The molecule has 0 unspecified atom stereocenters. The van der Waals surface area contributed by atoms with Crippen LogP contribution < -0.4 is 4.72 Å². The summed E-state index contributed by atoms with van der Waals surface area (Å²) in [5.41, 5.74) is 2.59. The minimum atomic E-state index is -3.71. The van der Waals surface area contributed by atoms with Crippen LogP contribution in [0.25, 0.3) is 0 Å². The number of nitrogens with one attached hydrogen (secondary N) is 1. The van der Waals surface area contributed by atoms with Gasteiger partial charge in [0.25, 0.3) is 5.91 Å². The Kier molecular flexibility index (Phi) is 6.49. The number of sulfonamides is 1. The molecule has 1 aliphatic rings. The quantitative estimate of drug-likeness (QED) is 0.633. The Morgan fingerprint density at radius 3 is 2.19 bits per heavy atom. The average molecular weight is 435 g/mol. The molecule has 0 atom stereocenters. The highest BCUT2D eigenvalue weighted by molar-refractivity contribution is 7.89. The molecule has 160 valence electrons. The number of nitrogens with zero attached hydrogens (tertiary/aromatic N) is 1. The Balaban J connectivity index is 1.41. The van der Waals surface area contributed by atoms with Gasteiger partial charge in [-0.25, -0.2) is 13.1 Å². The zero-order valence-electron chi connectivity index (χ0n) is 17.3. The summed E-state index contributed by atoms with van der Waals surface area (Å²) in [7, 11) is -3.71. The normalized spacial score (nSPS) is 15.0. The van der Waals surface area contributed by atoms with E-state index in [1.165, 1.54) is 17.7 Å². The van der Waals surface area contributed by atoms with Gasteiger partial charge in [-0.05, 0) is 48.1 Å². The van der Waals surface area contributed by atoms with Crippen LogP contribution in [0.4, 0.5) is 0 Å². The van der Waals surface area contributed by atoms with E-state index in [-0.39, 0.29) is 17.3 Å². The summed E-state index contributed by atoms with van der Waals surface area (Å²) in [6.07, 6.45) is 1.82. The molecule has 0 aromatic heterocycles. The Bertz CT molecular complexity index is 1120. The highest BCUT2D eigenvalue weighted by Crippen LogP contribution is 2.28. The molecule has 1 fully saturated rings. The molecule has 0 aliphatic carbocycles. The van der Waals surface area contributed by atoms with Crippen LogP contribution in [0.3, 0.4) is 0 Å². The first-order valence-corrected chi connectivity index (χ1v) is 12.0. The van der Waals surface area contributed by atoms with Crippen molar-refractivity contribution in [3.05, 3.63) is 102 Å². The number of likely N-dealkylation sites (tertiary alicyclic amines) is 1. The Labute approximate surface area is 183 Å². The van der Waals surface area contributed by atoms with Crippen molar-refractivity contribution in [3.8, 4) is 0 Å². The average Bonchev–Trinajstić information content (AvgIpc) is 2.84. The predicted molar refractivity (Wildman–Crippen MR) is 121 cm³/mol. The van der Waals surface area contributed by atoms with E-state index in [9.17, 15) is 13.2 Å². The van der Waals surface area contributed by atoms with Gasteiger partial charge in [0.2, 0.25) is 10.0 Å². The summed E-state index contributed by atoms with van der Waals surface area (Å²) in [6.45, 7) is 1.54. The maximum atomic E-state index is 13.0. The van der Waals surface area contributed by atoms with Gasteiger partial charge in [-0.3, -0.25) is 4.79 Å². The van der Waals surface area contributed by atoms with Crippen LogP contribution in [0.1, 0.15) is 40.2 Å². The molecule has 31 heavy (non-hydrogen) atoms. The number of benzene rings is 3. The molecule has 1 amide bonds. The van der Waals surface area contributed by atoms with Gasteiger partial charge in [-0.1, -0.05) is 66.7 Å². The van der Waals surface area contributed by atoms with E-state index in [2.05, 4.69) is 16.9 Å². The summed E-state index contributed by atoms with van der Waals surface area (Å²) in [5.74, 6) is 0.339. The highest BCUT2D eigenvalue weighted by atomic mass is 32.2. The second kappa shape index (κ2) is 9.45. The third-order valence-corrected chi connectivity index (χ3v) is 7.15. The lowest BCUT2D eigenvalue weighted by atomic mass is 9.89. The van der Waals surface area contributed by atoms with Gasteiger partial charge >= 0.3 is 0 Å². The lowest BCUT2D eigenvalue weighted by Crippen LogP contribution is -2.38. The maximum absolute atomic E-state index is 13.0. The number of rotatable bonds is 6. The monoisotopic (exact) mass is 434 g/mol. The topological polar surface area (TPSA) is 66.5 Å². The van der Waals surface area contributed by atoms with Crippen molar-refractivity contribution in [2.24, 2.45) is 0 Å². The number of amides is 1. The lowest BCUT2D eigenvalue weighted by molar-refractivity contribution is 0.0712. The molecule has 1 N–H and O–H groups in total. The summed E-state index contributed by atoms with van der Waals surface area (Å²) in [6, 6.07) is 26.0. The number of piperidine rings is 1. The zero-order chi connectivity index (χ0) is 21.7. The largest absolute Gasteiger partial charge is 0.339 e. The van der Waals surface area contributed by atoms with Gasteiger partial charge in [-0.15, -0.1) is 0 Å². The summed E-state index contributed by atoms with van der Waals surface area (Å²) in [4.78, 5) is 14.9. The third-order valence-electron chi connectivity index (χ3n) is 5.75. The minimum absolute atomic E-state index is 0.105. The molecular weight excluding hydrogens is 408 g/mol. The molecule has 1 aliphatic heterocycles. The van der Waals surface area contributed by atoms with Gasteiger partial charge in [-0.2, -0.15) is 0 Å². The van der Waals surface area contributed by atoms with Crippen LogP contribution in [0.5, 0.6) is 0 Å². The summed E-state index contributed by atoms with van der Waals surface area (Å²) >= 11 is 0.